The average molecular weight is 319 g/mol. The summed E-state index contributed by atoms with van der Waals surface area (Å²) in [6, 6.07) is 7.51. The zero-order valence-electron chi connectivity index (χ0n) is 9.43. The molecular weight excluding hydrogens is 311 g/mol. The van der Waals surface area contributed by atoms with Gasteiger partial charge < -0.3 is 9.52 Å². The normalized spacial score (nSPS) is 12.3. The first-order valence-corrected chi connectivity index (χ1v) is 7.20. The molecule has 0 spiro atoms. The minimum atomic E-state index is -1.50. The maximum Gasteiger partial charge on any atom is 0.371 e. The molecule has 0 saturated heterocycles. The van der Waals surface area contributed by atoms with Crippen molar-refractivity contribution in [1.29, 1.82) is 0 Å². The van der Waals surface area contributed by atoms with Gasteiger partial charge in [0.2, 0.25) is 5.76 Å². The largest absolute Gasteiger partial charge is 0.475 e. The van der Waals surface area contributed by atoms with Crippen LogP contribution >= 0.6 is 23.2 Å². The summed E-state index contributed by atoms with van der Waals surface area (Å²) in [7, 11) is -1.50. The summed E-state index contributed by atoms with van der Waals surface area (Å²) >= 11 is 11.7. The highest BCUT2D eigenvalue weighted by molar-refractivity contribution is 7.84. The average Bonchev–Trinajstić information content (AvgIpc) is 2.82. The lowest BCUT2D eigenvalue weighted by Gasteiger charge is -2.03. The van der Waals surface area contributed by atoms with Gasteiger partial charge in [-0.1, -0.05) is 29.3 Å². The summed E-state index contributed by atoms with van der Waals surface area (Å²) in [6.45, 7) is 0. The molecule has 0 saturated carbocycles. The molecule has 2 aromatic rings. The molecule has 0 fully saturated rings. The highest BCUT2D eigenvalue weighted by atomic mass is 35.5. The zero-order valence-corrected chi connectivity index (χ0v) is 11.8. The third-order valence-corrected chi connectivity index (χ3v) is 4.15. The predicted molar refractivity (Wildman–Crippen MR) is 72.2 cm³/mol. The second-order valence-electron chi connectivity index (χ2n) is 3.65. The van der Waals surface area contributed by atoms with E-state index in [1.54, 1.807) is 18.2 Å². The van der Waals surface area contributed by atoms with Crippen LogP contribution in [-0.2, 0) is 16.6 Å². The maximum absolute atomic E-state index is 12.0. The van der Waals surface area contributed by atoms with Gasteiger partial charge in [-0.2, -0.15) is 0 Å². The first kappa shape index (κ1) is 14.1. The Bertz CT molecular complexity index is 651. The van der Waals surface area contributed by atoms with E-state index in [9.17, 15) is 9.00 Å². The zero-order chi connectivity index (χ0) is 14.0. The van der Waals surface area contributed by atoms with Crippen molar-refractivity contribution >= 4 is 40.0 Å². The van der Waals surface area contributed by atoms with E-state index in [1.807, 2.05) is 0 Å². The lowest BCUT2D eigenvalue weighted by molar-refractivity contribution is 0.0656. The maximum atomic E-state index is 12.0. The first-order valence-electron chi connectivity index (χ1n) is 5.13. The van der Waals surface area contributed by atoms with E-state index in [-0.39, 0.29) is 16.6 Å². The van der Waals surface area contributed by atoms with E-state index in [2.05, 4.69) is 0 Å². The smallest absolute Gasteiger partial charge is 0.371 e. The van der Waals surface area contributed by atoms with Gasteiger partial charge in [-0.3, -0.25) is 4.21 Å². The van der Waals surface area contributed by atoms with Crippen LogP contribution in [0, 0.1) is 0 Å². The van der Waals surface area contributed by atoms with Crippen molar-refractivity contribution in [3.63, 3.8) is 0 Å². The van der Waals surface area contributed by atoms with Gasteiger partial charge in [0.15, 0.2) is 5.09 Å². The summed E-state index contributed by atoms with van der Waals surface area (Å²) in [5.74, 6) is -1.32. The van der Waals surface area contributed by atoms with Crippen LogP contribution in [0.4, 0.5) is 0 Å². The van der Waals surface area contributed by atoms with Crippen molar-refractivity contribution in [3.8, 4) is 0 Å². The molecule has 19 heavy (non-hydrogen) atoms. The first-order chi connectivity index (χ1) is 8.97. The van der Waals surface area contributed by atoms with Crippen molar-refractivity contribution in [2.75, 3.05) is 0 Å². The molecule has 1 heterocycles. The summed E-state index contributed by atoms with van der Waals surface area (Å²) in [4.78, 5) is 10.7. The van der Waals surface area contributed by atoms with Crippen LogP contribution in [0.3, 0.4) is 0 Å². The quantitative estimate of drug-likeness (QED) is 0.935. The Balaban J connectivity index is 2.18. The third kappa shape index (κ3) is 3.37. The van der Waals surface area contributed by atoms with Crippen LogP contribution in [0.25, 0.3) is 0 Å². The fourth-order valence-electron chi connectivity index (χ4n) is 1.41. The lowest BCUT2D eigenvalue weighted by Crippen LogP contribution is -1.97. The van der Waals surface area contributed by atoms with Crippen molar-refractivity contribution in [2.45, 2.75) is 10.8 Å². The Kier molecular flexibility index (Phi) is 4.29. The monoisotopic (exact) mass is 318 g/mol. The molecule has 0 amide bonds. The molecule has 1 aromatic heterocycles. The van der Waals surface area contributed by atoms with Crippen LogP contribution in [0.5, 0.6) is 0 Å². The van der Waals surface area contributed by atoms with E-state index in [4.69, 9.17) is 32.7 Å². The summed E-state index contributed by atoms with van der Waals surface area (Å²) < 4.78 is 17.0. The number of carboxylic acid groups (broad SMARTS) is 1. The number of carboxylic acids is 1. The molecule has 0 radical (unpaired) electrons. The number of rotatable bonds is 4. The van der Waals surface area contributed by atoms with Gasteiger partial charge in [0.05, 0.1) is 16.6 Å². The molecule has 100 valence electrons. The highest BCUT2D eigenvalue weighted by Crippen LogP contribution is 2.24. The van der Waals surface area contributed by atoms with Gasteiger partial charge in [0.1, 0.15) is 0 Å². The van der Waals surface area contributed by atoms with E-state index in [0.717, 1.165) is 0 Å². The molecule has 0 aliphatic carbocycles. The number of carbonyl (C=O) groups is 1. The van der Waals surface area contributed by atoms with E-state index in [0.29, 0.717) is 15.6 Å². The Morgan fingerprint density at radius 1 is 1.26 bits per heavy atom. The van der Waals surface area contributed by atoms with Crippen LogP contribution in [-0.4, -0.2) is 15.3 Å². The number of benzene rings is 1. The molecule has 7 heteroatoms. The Morgan fingerprint density at radius 3 is 2.58 bits per heavy atom. The molecule has 2 rings (SSSR count). The van der Waals surface area contributed by atoms with Gasteiger partial charge in [-0.25, -0.2) is 4.79 Å². The fourth-order valence-corrected chi connectivity index (χ4v) is 3.04. The van der Waals surface area contributed by atoms with Gasteiger partial charge in [0, 0.05) is 10.0 Å². The molecule has 1 N–H and O–H groups in total. The molecule has 1 atom stereocenters. The van der Waals surface area contributed by atoms with Gasteiger partial charge in [0.25, 0.3) is 0 Å². The topological polar surface area (TPSA) is 67.5 Å². The van der Waals surface area contributed by atoms with Crippen molar-refractivity contribution in [3.05, 3.63) is 51.7 Å². The summed E-state index contributed by atoms with van der Waals surface area (Å²) in [5, 5.41) is 9.72. The van der Waals surface area contributed by atoms with Crippen molar-refractivity contribution in [2.24, 2.45) is 0 Å². The molecule has 0 aliphatic heterocycles. The number of hydrogen-bond donors (Lipinski definition) is 1. The Labute approximate surface area is 121 Å². The molecule has 1 unspecified atom stereocenters. The molecule has 1 aromatic carbocycles. The second-order valence-corrected chi connectivity index (χ2v) is 5.88. The molecule has 4 nitrogen and oxygen atoms in total. The number of halogens is 2. The van der Waals surface area contributed by atoms with Gasteiger partial charge in [-0.05, 0) is 29.8 Å². The minimum absolute atomic E-state index is 0.100. The van der Waals surface area contributed by atoms with Crippen LogP contribution in [0.15, 0.2) is 39.8 Å². The number of aromatic carboxylic acids is 1. The van der Waals surface area contributed by atoms with E-state index in [1.165, 1.54) is 12.1 Å². The second kappa shape index (κ2) is 5.77. The molecule has 0 aliphatic rings. The lowest BCUT2D eigenvalue weighted by atomic mass is 10.2. The highest BCUT2D eigenvalue weighted by Gasteiger charge is 2.15. The van der Waals surface area contributed by atoms with Crippen LogP contribution in [0.2, 0.25) is 10.0 Å². The minimum Gasteiger partial charge on any atom is -0.475 e. The Morgan fingerprint density at radius 2 is 2.00 bits per heavy atom. The van der Waals surface area contributed by atoms with E-state index >= 15 is 0 Å². The Hall–Kier alpha value is -1.30. The third-order valence-electron chi connectivity index (χ3n) is 2.32. The standard InChI is InChI=1S/C12H8Cl2O4S/c13-8-2-1-7(9(14)5-8)6-19(17)11-4-3-10(18-11)12(15)16/h1-5H,6H2,(H,15,16). The molecular formula is C12H8Cl2O4S. The van der Waals surface area contributed by atoms with Crippen molar-refractivity contribution < 1.29 is 18.5 Å². The summed E-state index contributed by atoms with van der Waals surface area (Å²) in [6.07, 6.45) is 0. The predicted octanol–water partition coefficient (Wildman–Crippen LogP) is 3.59. The van der Waals surface area contributed by atoms with Crippen LogP contribution < -0.4 is 0 Å². The van der Waals surface area contributed by atoms with Crippen molar-refractivity contribution in [1.82, 2.24) is 0 Å². The number of furan rings is 1. The van der Waals surface area contributed by atoms with Crippen LogP contribution in [0.1, 0.15) is 16.1 Å². The SMILES string of the molecule is O=C(O)c1ccc(S(=O)Cc2ccc(Cl)cc2Cl)o1. The number of hydrogen-bond acceptors (Lipinski definition) is 3. The summed E-state index contributed by atoms with van der Waals surface area (Å²) in [5.41, 5.74) is 0.651. The fraction of sp³-hybridized carbons (Fsp3) is 0.0833. The van der Waals surface area contributed by atoms with Gasteiger partial charge >= 0.3 is 5.97 Å². The van der Waals surface area contributed by atoms with Gasteiger partial charge in [-0.15, -0.1) is 0 Å². The van der Waals surface area contributed by atoms with E-state index < -0.39 is 16.8 Å². The molecule has 0 bridgehead atoms.